The lowest BCUT2D eigenvalue weighted by Gasteiger charge is -2.22. The Hall–Kier alpha value is -1.20. The maximum Gasteiger partial charge on any atom is 0.315 e. The Morgan fingerprint density at radius 3 is 2.43 bits per heavy atom. The minimum absolute atomic E-state index is 0.0985. The third kappa shape index (κ3) is 1.83. The highest BCUT2D eigenvalue weighted by atomic mass is 19.3. The van der Waals surface area contributed by atoms with E-state index in [-0.39, 0.29) is 13.0 Å². The fourth-order valence-corrected chi connectivity index (χ4v) is 1.71. The molecule has 1 amide bonds. The van der Waals surface area contributed by atoms with Crippen molar-refractivity contribution < 1.29 is 23.5 Å². The van der Waals surface area contributed by atoms with Crippen LogP contribution in [0, 0.1) is 5.92 Å². The van der Waals surface area contributed by atoms with E-state index in [9.17, 15) is 18.4 Å². The number of nitrogens with zero attached hydrogens (tertiary/aromatic N) is 1. The molecule has 0 aromatic heterocycles. The zero-order valence-corrected chi connectivity index (χ0v) is 7.61. The molecule has 0 radical (unpaired) electrons. The largest absolute Gasteiger partial charge is 0.481 e. The number of alkyl halides is 2. The number of hydrogen-bond acceptors (Lipinski definition) is 2. The summed E-state index contributed by atoms with van der Waals surface area (Å²) in [7, 11) is 0. The van der Waals surface area contributed by atoms with Gasteiger partial charge in [-0.05, 0) is 13.3 Å². The number of hydrogen-bond donors (Lipinski definition) is 1. The molecule has 1 saturated heterocycles. The van der Waals surface area contributed by atoms with Crippen LogP contribution in [0.4, 0.5) is 8.78 Å². The van der Waals surface area contributed by atoms with E-state index in [0.29, 0.717) is 0 Å². The van der Waals surface area contributed by atoms with Gasteiger partial charge < -0.3 is 10.0 Å². The van der Waals surface area contributed by atoms with Crippen LogP contribution in [0.15, 0.2) is 0 Å². The van der Waals surface area contributed by atoms with Gasteiger partial charge in [-0.25, -0.2) is 0 Å². The van der Waals surface area contributed by atoms with E-state index in [2.05, 4.69) is 0 Å². The van der Waals surface area contributed by atoms with Crippen LogP contribution in [0.5, 0.6) is 0 Å². The second-order valence-corrected chi connectivity index (χ2v) is 3.31. The quantitative estimate of drug-likeness (QED) is 0.720. The van der Waals surface area contributed by atoms with Gasteiger partial charge in [-0.1, -0.05) is 0 Å². The van der Waals surface area contributed by atoms with Gasteiger partial charge in [0.1, 0.15) is 0 Å². The molecule has 1 aliphatic heterocycles. The van der Waals surface area contributed by atoms with Crippen LogP contribution in [0.25, 0.3) is 0 Å². The number of carbonyl (C=O) groups is 2. The molecule has 1 rings (SSSR count). The molecule has 0 bridgehead atoms. The average Bonchev–Trinajstić information content (AvgIpc) is 2.45. The van der Waals surface area contributed by atoms with E-state index in [1.807, 2.05) is 0 Å². The number of rotatable bonds is 2. The van der Waals surface area contributed by atoms with Gasteiger partial charge in [-0.2, -0.15) is 8.78 Å². The van der Waals surface area contributed by atoms with Crippen molar-refractivity contribution in [2.24, 2.45) is 5.92 Å². The average molecular weight is 207 g/mol. The van der Waals surface area contributed by atoms with Crippen LogP contribution < -0.4 is 0 Å². The van der Waals surface area contributed by atoms with E-state index in [4.69, 9.17) is 5.11 Å². The van der Waals surface area contributed by atoms with Crippen LogP contribution in [-0.4, -0.2) is 40.9 Å². The highest BCUT2D eigenvalue weighted by molar-refractivity contribution is 5.81. The van der Waals surface area contributed by atoms with Gasteiger partial charge in [0, 0.05) is 12.6 Å². The van der Waals surface area contributed by atoms with Crippen LogP contribution in [0.2, 0.25) is 0 Å². The predicted molar refractivity (Wildman–Crippen MR) is 42.9 cm³/mol. The first kappa shape index (κ1) is 10.9. The first-order valence-electron chi connectivity index (χ1n) is 4.26. The number of carboxylic acids is 1. The molecular formula is C8H11F2NO3. The molecular weight excluding hydrogens is 196 g/mol. The molecule has 1 N–H and O–H groups in total. The Morgan fingerprint density at radius 1 is 1.50 bits per heavy atom. The Morgan fingerprint density at radius 2 is 2.07 bits per heavy atom. The van der Waals surface area contributed by atoms with Gasteiger partial charge in [0.2, 0.25) is 0 Å². The van der Waals surface area contributed by atoms with Crippen molar-refractivity contribution in [2.45, 2.75) is 25.8 Å². The van der Waals surface area contributed by atoms with Crippen LogP contribution in [0.1, 0.15) is 13.3 Å². The van der Waals surface area contributed by atoms with Crippen molar-refractivity contribution in [1.82, 2.24) is 4.90 Å². The maximum absolute atomic E-state index is 12.0. The molecule has 6 heteroatoms. The van der Waals surface area contributed by atoms with Gasteiger partial charge in [0.25, 0.3) is 5.91 Å². The zero-order chi connectivity index (χ0) is 10.9. The third-order valence-electron chi connectivity index (χ3n) is 2.54. The lowest BCUT2D eigenvalue weighted by Crippen LogP contribution is -2.40. The van der Waals surface area contributed by atoms with Crippen molar-refractivity contribution >= 4 is 11.9 Å². The van der Waals surface area contributed by atoms with Gasteiger partial charge in [0.05, 0.1) is 5.92 Å². The van der Waals surface area contributed by atoms with Crippen LogP contribution in [-0.2, 0) is 9.59 Å². The summed E-state index contributed by atoms with van der Waals surface area (Å²) in [6.07, 6.45) is -2.81. The number of amides is 1. The van der Waals surface area contributed by atoms with Crippen molar-refractivity contribution in [2.75, 3.05) is 6.54 Å². The molecule has 2 atom stereocenters. The molecule has 4 nitrogen and oxygen atoms in total. The van der Waals surface area contributed by atoms with E-state index >= 15 is 0 Å². The number of carboxylic acid groups (broad SMARTS) is 1. The summed E-state index contributed by atoms with van der Waals surface area (Å²) >= 11 is 0. The normalized spacial score (nSPS) is 27.0. The van der Waals surface area contributed by atoms with Crippen LogP contribution in [0.3, 0.4) is 0 Å². The number of halogens is 2. The van der Waals surface area contributed by atoms with Crippen molar-refractivity contribution in [3.63, 3.8) is 0 Å². The lowest BCUT2D eigenvalue weighted by atomic mass is 10.0. The van der Waals surface area contributed by atoms with Gasteiger partial charge in [-0.3, -0.25) is 9.59 Å². The van der Waals surface area contributed by atoms with Crippen LogP contribution >= 0.6 is 0 Å². The monoisotopic (exact) mass is 207 g/mol. The summed E-state index contributed by atoms with van der Waals surface area (Å²) in [5.41, 5.74) is 0. The molecule has 0 saturated carbocycles. The Kier molecular flexibility index (Phi) is 3.03. The predicted octanol–water partition coefficient (Wildman–Crippen LogP) is 0.573. The summed E-state index contributed by atoms with van der Waals surface area (Å²) < 4.78 is 24.1. The fraction of sp³-hybridized carbons (Fsp3) is 0.750. The molecule has 2 unspecified atom stereocenters. The molecule has 0 aromatic rings. The standard InChI is InChI=1S/C8H11F2NO3/c1-4-5(8(13)14)2-3-11(4)7(12)6(9)10/h4-6H,2-3H2,1H3,(H,13,14). The first-order valence-corrected chi connectivity index (χ1v) is 4.26. The second kappa shape index (κ2) is 3.89. The first-order chi connectivity index (χ1) is 6.45. The Bertz CT molecular complexity index is 257. The number of carbonyl (C=O) groups excluding carboxylic acids is 1. The summed E-state index contributed by atoms with van der Waals surface area (Å²) in [4.78, 5) is 22.5. The van der Waals surface area contributed by atoms with Gasteiger partial charge >= 0.3 is 12.4 Å². The van der Waals surface area contributed by atoms with Gasteiger partial charge in [0.15, 0.2) is 0 Å². The van der Waals surface area contributed by atoms with Gasteiger partial charge in [-0.15, -0.1) is 0 Å². The smallest absolute Gasteiger partial charge is 0.315 e. The maximum atomic E-state index is 12.0. The summed E-state index contributed by atoms with van der Waals surface area (Å²) in [5, 5.41) is 8.70. The van der Waals surface area contributed by atoms with E-state index in [0.717, 1.165) is 4.90 Å². The zero-order valence-electron chi connectivity index (χ0n) is 7.61. The van der Waals surface area contributed by atoms with Crippen molar-refractivity contribution in [3.8, 4) is 0 Å². The topological polar surface area (TPSA) is 57.6 Å². The van der Waals surface area contributed by atoms with E-state index < -0.39 is 30.3 Å². The highest BCUT2D eigenvalue weighted by Gasteiger charge is 2.40. The lowest BCUT2D eigenvalue weighted by molar-refractivity contribution is -0.146. The molecule has 0 aromatic carbocycles. The van der Waals surface area contributed by atoms with Crippen molar-refractivity contribution in [3.05, 3.63) is 0 Å². The second-order valence-electron chi connectivity index (χ2n) is 3.31. The fourth-order valence-electron chi connectivity index (χ4n) is 1.71. The number of aliphatic carboxylic acids is 1. The SMILES string of the molecule is CC1C(C(=O)O)CCN1C(=O)C(F)F. The Labute approximate surface area is 79.5 Å². The molecule has 80 valence electrons. The highest BCUT2D eigenvalue weighted by Crippen LogP contribution is 2.25. The summed E-state index contributed by atoms with van der Waals surface area (Å²) in [5.74, 6) is -3.04. The number of likely N-dealkylation sites (tertiary alicyclic amines) is 1. The van der Waals surface area contributed by atoms with E-state index in [1.165, 1.54) is 6.92 Å². The van der Waals surface area contributed by atoms with E-state index in [1.54, 1.807) is 0 Å². The summed E-state index contributed by atoms with van der Waals surface area (Å²) in [6, 6.07) is -0.644. The molecule has 1 aliphatic rings. The molecule has 14 heavy (non-hydrogen) atoms. The Balaban J connectivity index is 2.68. The third-order valence-corrected chi connectivity index (χ3v) is 2.54. The minimum atomic E-state index is -3.05. The molecule has 1 heterocycles. The molecule has 1 fully saturated rings. The molecule has 0 spiro atoms. The van der Waals surface area contributed by atoms with Crippen molar-refractivity contribution in [1.29, 1.82) is 0 Å². The summed E-state index contributed by atoms with van der Waals surface area (Å²) in [6.45, 7) is 1.58. The molecule has 0 aliphatic carbocycles. The minimum Gasteiger partial charge on any atom is -0.481 e.